The van der Waals surface area contributed by atoms with Gasteiger partial charge in [0.05, 0.1) is 0 Å². The molecular weight excluding hydrogens is 282 g/mol. The van der Waals surface area contributed by atoms with Gasteiger partial charge < -0.3 is 9.73 Å². The minimum Gasteiger partial charge on any atom is -0.403 e. The van der Waals surface area contributed by atoms with Crippen molar-refractivity contribution in [1.29, 1.82) is 0 Å². The molecule has 0 bridgehead atoms. The zero-order chi connectivity index (χ0) is 12.1. The Morgan fingerprint density at radius 2 is 2.24 bits per heavy atom. The number of rotatable bonds is 5. The monoisotopic (exact) mass is 295 g/mol. The maximum absolute atomic E-state index is 5.52. The van der Waals surface area contributed by atoms with E-state index in [2.05, 4.69) is 38.4 Å². The van der Waals surface area contributed by atoms with Gasteiger partial charge >= 0.3 is 6.01 Å². The smallest absolute Gasteiger partial charge is 0.315 e. The zero-order valence-electron chi connectivity index (χ0n) is 9.61. The summed E-state index contributed by atoms with van der Waals surface area (Å²) in [5.41, 5.74) is 0.912. The standard InChI is InChI=1S/C12H14BrN3O/c1-2-3-7-14-12-16-15-11(17-12)9-5-4-6-10(13)8-9/h4-6,8H,2-3,7H2,1H3,(H,14,16). The SMILES string of the molecule is CCCCNc1nnc(-c2cccc(Br)c2)o1. The highest BCUT2D eigenvalue weighted by atomic mass is 79.9. The molecule has 4 nitrogen and oxygen atoms in total. The van der Waals surface area contributed by atoms with E-state index in [9.17, 15) is 0 Å². The Kier molecular flexibility index (Phi) is 4.14. The van der Waals surface area contributed by atoms with Gasteiger partial charge in [-0.15, -0.1) is 5.10 Å². The van der Waals surface area contributed by atoms with Crippen LogP contribution in [0, 0.1) is 0 Å². The van der Waals surface area contributed by atoms with E-state index in [0.29, 0.717) is 11.9 Å². The summed E-state index contributed by atoms with van der Waals surface area (Å²) < 4.78 is 6.51. The van der Waals surface area contributed by atoms with E-state index < -0.39 is 0 Å². The quantitative estimate of drug-likeness (QED) is 0.854. The number of aromatic nitrogens is 2. The number of nitrogens with one attached hydrogen (secondary N) is 1. The third-order valence-electron chi connectivity index (χ3n) is 2.30. The normalized spacial score (nSPS) is 10.5. The number of benzene rings is 1. The number of unbranched alkanes of at least 4 members (excludes halogenated alkanes) is 1. The van der Waals surface area contributed by atoms with Gasteiger partial charge in [0, 0.05) is 16.6 Å². The Bertz CT molecular complexity index is 484. The number of hydrogen-bond donors (Lipinski definition) is 1. The maximum atomic E-state index is 5.52. The molecule has 1 aromatic carbocycles. The van der Waals surface area contributed by atoms with Crippen molar-refractivity contribution in [1.82, 2.24) is 10.2 Å². The minimum atomic E-state index is 0.480. The second-order valence-corrected chi connectivity index (χ2v) is 4.62. The van der Waals surface area contributed by atoms with Gasteiger partial charge in [0.1, 0.15) is 0 Å². The van der Waals surface area contributed by atoms with Gasteiger partial charge in [-0.3, -0.25) is 0 Å². The molecule has 0 aliphatic rings. The molecule has 0 aliphatic heterocycles. The summed E-state index contributed by atoms with van der Waals surface area (Å²) in [4.78, 5) is 0. The molecule has 0 amide bonds. The van der Waals surface area contributed by atoms with Crippen LogP contribution in [0.15, 0.2) is 33.2 Å². The fourth-order valence-corrected chi connectivity index (χ4v) is 1.80. The molecule has 0 saturated heterocycles. The Hall–Kier alpha value is -1.36. The van der Waals surface area contributed by atoms with Crippen molar-refractivity contribution >= 4 is 21.9 Å². The lowest BCUT2D eigenvalue weighted by atomic mass is 10.2. The van der Waals surface area contributed by atoms with Crippen LogP contribution in [0.1, 0.15) is 19.8 Å². The van der Waals surface area contributed by atoms with E-state index in [-0.39, 0.29) is 0 Å². The molecule has 0 aliphatic carbocycles. The second-order valence-electron chi connectivity index (χ2n) is 3.70. The molecule has 1 heterocycles. The van der Waals surface area contributed by atoms with Crippen molar-refractivity contribution in [2.24, 2.45) is 0 Å². The van der Waals surface area contributed by atoms with Crippen LogP contribution < -0.4 is 5.32 Å². The van der Waals surface area contributed by atoms with Crippen molar-refractivity contribution in [3.63, 3.8) is 0 Å². The van der Waals surface area contributed by atoms with E-state index in [1.807, 2.05) is 24.3 Å². The lowest BCUT2D eigenvalue weighted by Crippen LogP contribution is -2.00. The summed E-state index contributed by atoms with van der Waals surface area (Å²) in [6, 6.07) is 8.26. The summed E-state index contributed by atoms with van der Waals surface area (Å²) in [5, 5.41) is 11.1. The van der Waals surface area contributed by atoms with Crippen molar-refractivity contribution in [3.8, 4) is 11.5 Å². The van der Waals surface area contributed by atoms with Gasteiger partial charge in [-0.05, 0) is 24.6 Å². The maximum Gasteiger partial charge on any atom is 0.315 e. The van der Waals surface area contributed by atoms with Crippen LogP contribution in [0.2, 0.25) is 0 Å². The molecule has 2 rings (SSSR count). The van der Waals surface area contributed by atoms with Crippen LogP contribution in [-0.4, -0.2) is 16.7 Å². The number of nitrogens with zero attached hydrogens (tertiary/aromatic N) is 2. The summed E-state index contributed by atoms with van der Waals surface area (Å²) in [6.07, 6.45) is 2.23. The molecule has 1 N–H and O–H groups in total. The highest BCUT2D eigenvalue weighted by molar-refractivity contribution is 9.10. The Morgan fingerprint density at radius 1 is 1.35 bits per heavy atom. The lowest BCUT2D eigenvalue weighted by molar-refractivity contribution is 0.579. The van der Waals surface area contributed by atoms with Crippen LogP contribution in [0.4, 0.5) is 6.01 Å². The average molecular weight is 296 g/mol. The van der Waals surface area contributed by atoms with Gasteiger partial charge in [-0.1, -0.05) is 40.4 Å². The van der Waals surface area contributed by atoms with Crippen molar-refractivity contribution in [2.75, 3.05) is 11.9 Å². The van der Waals surface area contributed by atoms with Gasteiger partial charge in [0.2, 0.25) is 5.89 Å². The zero-order valence-corrected chi connectivity index (χ0v) is 11.2. The molecule has 2 aromatic rings. The van der Waals surface area contributed by atoms with E-state index in [1.54, 1.807) is 0 Å². The third-order valence-corrected chi connectivity index (χ3v) is 2.80. The van der Waals surface area contributed by atoms with E-state index in [4.69, 9.17) is 4.42 Å². The average Bonchev–Trinajstić information content (AvgIpc) is 2.78. The Morgan fingerprint density at radius 3 is 3.00 bits per heavy atom. The van der Waals surface area contributed by atoms with Crippen molar-refractivity contribution in [3.05, 3.63) is 28.7 Å². The van der Waals surface area contributed by atoms with E-state index in [1.165, 1.54) is 0 Å². The molecule has 17 heavy (non-hydrogen) atoms. The predicted octanol–water partition coefficient (Wildman–Crippen LogP) is 3.71. The van der Waals surface area contributed by atoms with Gasteiger partial charge in [0.25, 0.3) is 0 Å². The van der Waals surface area contributed by atoms with Crippen LogP contribution in [0.3, 0.4) is 0 Å². The Balaban J connectivity index is 2.07. The number of hydrogen-bond acceptors (Lipinski definition) is 4. The molecular formula is C12H14BrN3O. The second kappa shape index (κ2) is 5.82. The summed E-state index contributed by atoms with van der Waals surface area (Å²) in [6.45, 7) is 3.00. The summed E-state index contributed by atoms with van der Waals surface area (Å²) in [5.74, 6) is 0.533. The molecule has 1 aromatic heterocycles. The predicted molar refractivity (Wildman–Crippen MR) is 70.8 cm³/mol. The summed E-state index contributed by atoms with van der Waals surface area (Å²) in [7, 11) is 0. The minimum absolute atomic E-state index is 0.480. The van der Waals surface area contributed by atoms with Crippen LogP contribution in [0.25, 0.3) is 11.5 Å². The van der Waals surface area contributed by atoms with E-state index >= 15 is 0 Å². The van der Waals surface area contributed by atoms with Crippen LogP contribution >= 0.6 is 15.9 Å². The van der Waals surface area contributed by atoms with E-state index in [0.717, 1.165) is 29.4 Å². The first-order valence-corrected chi connectivity index (χ1v) is 6.42. The van der Waals surface area contributed by atoms with Crippen LogP contribution in [-0.2, 0) is 0 Å². The van der Waals surface area contributed by atoms with Gasteiger partial charge in [-0.2, -0.15) is 0 Å². The number of anilines is 1. The molecule has 0 spiro atoms. The molecule has 90 valence electrons. The van der Waals surface area contributed by atoms with Crippen molar-refractivity contribution < 1.29 is 4.42 Å². The molecule has 0 unspecified atom stereocenters. The Labute approximate surface area is 109 Å². The first kappa shape index (κ1) is 12.1. The third kappa shape index (κ3) is 3.30. The molecule has 0 saturated carbocycles. The fraction of sp³-hybridized carbons (Fsp3) is 0.333. The van der Waals surface area contributed by atoms with Crippen molar-refractivity contribution in [2.45, 2.75) is 19.8 Å². The van der Waals surface area contributed by atoms with Crippen LogP contribution in [0.5, 0.6) is 0 Å². The largest absolute Gasteiger partial charge is 0.403 e. The fourth-order valence-electron chi connectivity index (χ4n) is 1.40. The molecule has 5 heteroatoms. The number of halogens is 1. The summed E-state index contributed by atoms with van der Waals surface area (Å²) >= 11 is 3.41. The highest BCUT2D eigenvalue weighted by Crippen LogP contribution is 2.22. The van der Waals surface area contributed by atoms with Gasteiger partial charge in [-0.25, -0.2) is 0 Å². The first-order chi connectivity index (χ1) is 8.29. The topological polar surface area (TPSA) is 51.0 Å². The lowest BCUT2D eigenvalue weighted by Gasteiger charge is -1.98. The molecule has 0 fully saturated rings. The molecule has 0 radical (unpaired) electrons. The van der Waals surface area contributed by atoms with Gasteiger partial charge in [0.15, 0.2) is 0 Å². The highest BCUT2D eigenvalue weighted by Gasteiger charge is 2.07. The molecule has 0 atom stereocenters. The first-order valence-electron chi connectivity index (χ1n) is 5.63.